The Bertz CT molecular complexity index is 1620. The zero-order valence-electron chi connectivity index (χ0n) is 20.3. The van der Waals surface area contributed by atoms with Crippen LogP contribution in [0.1, 0.15) is 41.9 Å². The van der Waals surface area contributed by atoms with Crippen LogP contribution in [0.2, 0.25) is 5.02 Å². The maximum Gasteiger partial charge on any atom is 0.333 e. The lowest BCUT2D eigenvalue weighted by molar-refractivity contribution is 0.101. The first kappa shape index (κ1) is 24.3. The molecule has 0 amide bonds. The van der Waals surface area contributed by atoms with Crippen molar-refractivity contribution in [3.8, 4) is 28.2 Å². The number of hydrogen-bond donors (Lipinski definition) is 1. The Hall–Kier alpha value is -4.37. The fourth-order valence-electron chi connectivity index (χ4n) is 4.42. The Kier molecular flexibility index (Phi) is 6.78. The van der Waals surface area contributed by atoms with Gasteiger partial charge in [0, 0.05) is 41.0 Å². The Morgan fingerprint density at radius 1 is 1.08 bits per heavy atom. The van der Waals surface area contributed by atoms with E-state index in [2.05, 4.69) is 32.5 Å². The van der Waals surface area contributed by atoms with Gasteiger partial charge in [0.2, 0.25) is 5.82 Å². The van der Waals surface area contributed by atoms with Gasteiger partial charge in [-0.3, -0.25) is 18.9 Å². The Labute approximate surface area is 217 Å². The van der Waals surface area contributed by atoms with Crippen LogP contribution in [0.5, 0.6) is 0 Å². The second kappa shape index (κ2) is 10.3. The molecule has 0 saturated heterocycles. The molecule has 0 aliphatic rings. The molecule has 0 spiro atoms. The Morgan fingerprint density at radius 2 is 1.89 bits per heavy atom. The number of tetrazole rings is 1. The van der Waals surface area contributed by atoms with Crippen molar-refractivity contribution < 1.29 is 4.79 Å². The molecule has 10 heteroatoms. The van der Waals surface area contributed by atoms with Crippen LogP contribution in [0.4, 0.5) is 0 Å². The summed E-state index contributed by atoms with van der Waals surface area (Å²) >= 11 is 6.46. The van der Waals surface area contributed by atoms with Gasteiger partial charge in [-0.05, 0) is 47.9 Å². The number of imidazole rings is 1. The first-order valence-electron chi connectivity index (χ1n) is 11.9. The lowest BCUT2D eigenvalue weighted by Crippen LogP contribution is -2.25. The molecular weight excluding hydrogens is 490 g/mol. The maximum atomic E-state index is 13.6. The van der Waals surface area contributed by atoms with E-state index >= 15 is 0 Å². The van der Waals surface area contributed by atoms with Crippen molar-refractivity contribution in [3.63, 3.8) is 0 Å². The number of pyridine rings is 1. The number of halogens is 1. The summed E-state index contributed by atoms with van der Waals surface area (Å²) < 4.78 is 3.23. The third-order valence-corrected chi connectivity index (χ3v) is 6.49. The molecule has 0 atom stereocenters. The summed E-state index contributed by atoms with van der Waals surface area (Å²) in [6, 6.07) is 14.9. The normalized spacial score (nSPS) is 11.1. The minimum absolute atomic E-state index is 0.152. The van der Waals surface area contributed by atoms with Gasteiger partial charge in [0.25, 0.3) is 0 Å². The predicted molar refractivity (Wildman–Crippen MR) is 141 cm³/mol. The first-order valence-corrected chi connectivity index (χ1v) is 12.2. The number of rotatable bonds is 8. The number of nitrogens with one attached hydrogen (secondary N) is 1. The number of ketones is 1. The molecule has 0 radical (unpaired) electrons. The molecule has 186 valence electrons. The number of carbonyl (C=O) groups excluding carboxylic acids is 1. The minimum Gasteiger partial charge on any atom is -0.294 e. The van der Waals surface area contributed by atoms with Gasteiger partial charge in [0.05, 0.1) is 17.3 Å². The Balaban J connectivity index is 1.51. The fraction of sp³-hybridized carbons (Fsp3) is 0.185. The topological polar surface area (TPSA) is 111 Å². The summed E-state index contributed by atoms with van der Waals surface area (Å²) in [6.45, 7) is 3.91. The molecule has 0 saturated carbocycles. The van der Waals surface area contributed by atoms with Crippen LogP contribution >= 0.6 is 11.6 Å². The van der Waals surface area contributed by atoms with Gasteiger partial charge in [0.1, 0.15) is 0 Å². The molecular formula is C27H24ClN7O2. The fourth-order valence-corrected chi connectivity index (χ4v) is 4.69. The number of hydrogen-bond acceptors (Lipinski definition) is 6. The molecule has 1 N–H and O–H groups in total. The number of para-hydroxylation sites is 1. The van der Waals surface area contributed by atoms with Gasteiger partial charge >= 0.3 is 5.69 Å². The van der Waals surface area contributed by atoms with Crippen LogP contribution < -0.4 is 5.69 Å². The van der Waals surface area contributed by atoms with Crippen molar-refractivity contribution in [1.82, 2.24) is 34.7 Å². The van der Waals surface area contributed by atoms with Gasteiger partial charge in [-0.2, -0.15) is 5.21 Å². The molecule has 37 heavy (non-hydrogen) atoms. The maximum absolute atomic E-state index is 13.6. The van der Waals surface area contributed by atoms with E-state index in [1.165, 1.54) is 11.5 Å². The lowest BCUT2D eigenvalue weighted by atomic mass is 10.0. The van der Waals surface area contributed by atoms with Crippen molar-refractivity contribution in [2.75, 3.05) is 0 Å². The third kappa shape index (κ3) is 4.73. The van der Waals surface area contributed by atoms with E-state index in [0.29, 0.717) is 35.1 Å². The quantitative estimate of drug-likeness (QED) is 0.300. The van der Waals surface area contributed by atoms with Crippen LogP contribution in [-0.2, 0) is 13.0 Å². The van der Waals surface area contributed by atoms with Crippen molar-refractivity contribution >= 4 is 17.4 Å². The van der Waals surface area contributed by atoms with Crippen LogP contribution in [0.3, 0.4) is 0 Å². The number of Topliss-reactive ketones (excluding diaryl/α,β-unsaturated/α-hetero) is 1. The van der Waals surface area contributed by atoms with E-state index < -0.39 is 0 Å². The molecule has 5 aromatic rings. The van der Waals surface area contributed by atoms with Crippen molar-refractivity contribution in [3.05, 3.63) is 99.4 Å². The van der Waals surface area contributed by atoms with E-state index in [-0.39, 0.29) is 11.5 Å². The number of nitrogens with zero attached hydrogens (tertiary/aromatic N) is 6. The molecule has 3 aromatic heterocycles. The largest absolute Gasteiger partial charge is 0.333 e. The van der Waals surface area contributed by atoms with Gasteiger partial charge in [-0.25, -0.2) is 4.79 Å². The SMILES string of the molecule is CCCc1cn(-c2c(Cl)cccc2C(C)=O)c(=O)n1Cc1ccc(-c2cnccc2-c2nn[nH]n2)cc1. The second-order valence-corrected chi connectivity index (χ2v) is 9.06. The highest BCUT2D eigenvalue weighted by molar-refractivity contribution is 6.33. The summed E-state index contributed by atoms with van der Waals surface area (Å²) in [7, 11) is 0. The number of H-pyrrole nitrogens is 1. The zero-order chi connectivity index (χ0) is 25.9. The summed E-state index contributed by atoms with van der Waals surface area (Å²) in [6.07, 6.45) is 6.82. The summed E-state index contributed by atoms with van der Waals surface area (Å²) in [5, 5.41) is 14.7. The number of aryl methyl sites for hydroxylation is 1. The van der Waals surface area contributed by atoms with Crippen LogP contribution in [0.15, 0.2) is 71.9 Å². The summed E-state index contributed by atoms with van der Waals surface area (Å²) in [5.74, 6) is 0.337. The highest BCUT2D eigenvalue weighted by Crippen LogP contribution is 2.29. The molecule has 0 fully saturated rings. The number of aromatic nitrogens is 7. The molecule has 3 heterocycles. The average molecular weight is 514 g/mol. The van der Waals surface area contributed by atoms with Gasteiger partial charge in [0.15, 0.2) is 5.78 Å². The molecule has 0 aliphatic carbocycles. The van der Waals surface area contributed by atoms with E-state index in [0.717, 1.165) is 34.4 Å². The standard InChI is InChI=1S/C27H24ClN7O2/c1-3-5-20-16-35(25-21(17(2)36)6-4-7-24(25)28)27(37)34(20)15-18-8-10-19(11-9-18)23-14-29-13-12-22(23)26-30-32-33-31-26/h4,6-14,16H,3,5,15H2,1-2H3,(H,30,31,32,33). The van der Waals surface area contributed by atoms with E-state index in [4.69, 9.17) is 11.6 Å². The molecule has 5 rings (SSSR count). The molecule has 2 aromatic carbocycles. The monoisotopic (exact) mass is 513 g/mol. The summed E-state index contributed by atoms with van der Waals surface area (Å²) in [5.41, 5.74) is 5.05. The highest BCUT2D eigenvalue weighted by Gasteiger charge is 2.19. The molecule has 0 bridgehead atoms. The van der Waals surface area contributed by atoms with Crippen LogP contribution in [0, 0.1) is 0 Å². The molecule has 9 nitrogen and oxygen atoms in total. The average Bonchev–Trinajstić information content (AvgIpc) is 3.54. The van der Waals surface area contributed by atoms with Gasteiger partial charge in [-0.1, -0.05) is 55.3 Å². The lowest BCUT2D eigenvalue weighted by Gasteiger charge is -2.10. The smallest absolute Gasteiger partial charge is 0.294 e. The minimum atomic E-state index is -0.241. The highest BCUT2D eigenvalue weighted by atomic mass is 35.5. The van der Waals surface area contributed by atoms with Crippen LogP contribution in [-0.4, -0.2) is 40.5 Å². The van der Waals surface area contributed by atoms with E-state index in [1.54, 1.807) is 41.4 Å². The van der Waals surface area contributed by atoms with E-state index in [9.17, 15) is 9.59 Å². The first-order chi connectivity index (χ1) is 18.0. The zero-order valence-corrected chi connectivity index (χ0v) is 21.1. The molecule has 0 aliphatic heterocycles. The number of benzene rings is 2. The third-order valence-electron chi connectivity index (χ3n) is 6.19. The number of aromatic amines is 1. The number of carbonyl (C=O) groups is 1. The second-order valence-electron chi connectivity index (χ2n) is 8.65. The van der Waals surface area contributed by atoms with Crippen molar-refractivity contribution in [2.24, 2.45) is 0 Å². The predicted octanol–water partition coefficient (Wildman–Crippen LogP) is 4.74. The Morgan fingerprint density at radius 3 is 2.59 bits per heavy atom. The van der Waals surface area contributed by atoms with E-state index in [1.807, 2.05) is 30.3 Å². The van der Waals surface area contributed by atoms with Crippen LogP contribution in [0.25, 0.3) is 28.2 Å². The van der Waals surface area contributed by atoms with Gasteiger partial charge < -0.3 is 0 Å². The van der Waals surface area contributed by atoms with Gasteiger partial charge in [-0.15, -0.1) is 10.2 Å². The summed E-state index contributed by atoms with van der Waals surface area (Å²) in [4.78, 5) is 30.1. The van der Waals surface area contributed by atoms with Crippen molar-refractivity contribution in [2.45, 2.75) is 33.2 Å². The van der Waals surface area contributed by atoms with Crippen molar-refractivity contribution in [1.29, 1.82) is 0 Å². The molecule has 0 unspecified atom stereocenters.